The summed E-state index contributed by atoms with van der Waals surface area (Å²) in [4.78, 5) is 4.47. The summed E-state index contributed by atoms with van der Waals surface area (Å²) in [5, 5.41) is 7.40. The van der Waals surface area contributed by atoms with Crippen molar-refractivity contribution in [1.82, 2.24) is 9.29 Å². The van der Waals surface area contributed by atoms with Gasteiger partial charge in [0.25, 0.3) is 6.43 Å². The Morgan fingerprint density at radius 2 is 1.87 bits per heavy atom. The lowest BCUT2D eigenvalue weighted by molar-refractivity contribution is 0.224. The first-order valence-corrected chi connectivity index (χ1v) is 11.8. The van der Waals surface area contributed by atoms with Crippen LogP contribution in [0.5, 0.6) is 0 Å². The highest BCUT2D eigenvalue weighted by Gasteiger charge is 2.25. The number of para-hydroxylation sites is 1. The molecule has 1 atom stereocenters. The normalized spacial score (nSPS) is 18.2. The maximum Gasteiger partial charge on any atom is 0.278 e. The van der Waals surface area contributed by atoms with Gasteiger partial charge in [-0.25, -0.2) is 17.3 Å². The van der Waals surface area contributed by atoms with Crippen molar-refractivity contribution >= 4 is 40.0 Å². The van der Waals surface area contributed by atoms with Crippen molar-refractivity contribution < 1.29 is 13.0 Å². The Morgan fingerprint density at radius 3 is 2.50 bits per heavy atom. The quantitative estimate of drug-likeness (QED) is 0.650. The van der Waals surface area contributed by atoms with E-state index in [2.05, 4.69) is 15.2 Å². The number of halogens is 2. The molecule has 2 aromatic rings. The third-order valence-electron chi connectivity index (χ3n) is 4.79. The molecule has 1 unspecified atom stereocenters. The lowest BCUT2D eigenvalue weighted by atomic mass is 10.1. The van der Waals surface area contributed by atoms with Crippen molar-refractivity contribution in [2.45, 2.75) is 19.4 Å². The van der Waals surface area contributed by atoms with Crippen LogP contribution in [0.4, 0.5) is 14.5 Å². The summed E-state index contributed by atoms with van der Waals surface area (Å²) < 4.78 is 42.7. The smallest absolute Gasteiger partial charge is 0.273 e. The SMILES string of the molecule is O=S(N1CCSCC1)N(Cc1ccc(C2=NN=C(C(F)F)C2)cn1)c1ccccc1. The molecule has 1 aromatic heterocycles. The molecule has 0 aliphatic carbocycles. The highest BCUT2D eigenvalue weighted by molar-refractivity contribution is 7.99. The van der Waals surface area contributed by atoms with E-state index in [0.29, 0.717) is 17.8 Å². The van der Waals surface area contributed by atoms with Gasteiger partial charge in [0.1, 0.15) is 5.71 Å². The fourth-order valence-corrected chi connectivity index (χ4v) is 5.61. The summed E-state index contributed by atoms with van der Waals surface area (Å²) in [6, 6.07) is 13.2. The van der Waals surface area contributed by atoms with Crippen molar-refractivity contribution in [3.8, 4) is 0 Å². The molecule has 2 aliphatic rings. The van der Waals surface area contributed by atoms with Gasteiger partial charge in [-0.1, -0.05) is 18.2 Å². The van der Waals surface area contributed by atoms with Gasteiger partial charge >= 0.3 is 0 Å². The zero-order chi connectivity index (χ0) is 20.9. The molecule has 6 nitrogen and oxygen atoms in total. The second-order valence-electron chi connectivity index (χ2n) is 6.80. The molecule has 3 heterocycles. The van der Waals surface area contributed by atoms with Crippen molar-refractivity contribution in [3.63, 3.8) is 0 Å². The van der Waals surface area contributed by atoms with E-state index >= 15 is 0 Å². The summed E-state index contributed by atoms with van der Waals surface area (Å²) in [5.74, 6) is 1.93. The van der Waals surface area contributed by atoms with E-state index in [9.17, 15) is 13.0 Å². The Kier molecular flexibility index (Phi) is 6.86. The van der Waals surface area contributed by atoms with Crippen LogP contribution in [0.3, 0.4) is 0 Å². The zero-order valence-corrected chi connectivity index (χ0v) is 17.8. The van der Waals surface area contributed by atoms with E-state index < -0.39 is 17.6 Å². The fraction of sp³-hybridized carbons (Fsp3) is 0.350. The van der Waals surface area contributed by atoms with Crippen LogP contribution in [0.25, 0.3) is 0 Å². The minimum atomic E-state index is -2.60. The first-order valence-electron chi connectivity index (χ1n) is 9.56. The third-order valence-corrected chi connectivity index (χ3v) is 7.25. The standard InChI is InChI=1S/C20H21F2N5OS2/c21-20(22)19-12-18(24-25-19)15-6-7-16(23-13-15)14-27(17-4-2-1-3-5-17)30(28)26-8-10-29-11-9-26/h1-7,13,20H,8-12,14H2. The van der Waals surface area contributed by atoms with Gasteiger partial charge in [-0.2, -0.15) is 22.0 Å². The van der Waals surface area contributed by atoms with Gasteiger partial charge in [-0.15, -0.1) is 0 Å². The molecule has 0 N–H and O–H groups in total. The number of hydrogen-bond acceptors (Lipinski definition) is 5. The molecule has 1 fully saturated rings. The molecular formula is C20H21F2N5OS2. The summed E-state index contributed by atoms with van der Waals surface area (Å²) in [6.07, 6.45) is -0.950. The van der Waals surface area contributed by atoms with Gasteiger partial charge in [-0.3, -0.25) is 9.29 Å². The van der Waals surface area contributed by atoms with Crippen LogP contribution >= 0.6 is 11.8 Å². The van der Waals surface area contributed by atoms with Crippen molar-refractivity contribution in [1.29, 1.82) is 0 Å². The van der Waals surface area contributed by atoms with Crippen LogP contribution in [0, 0.1) is 0 Å². The molecular weight excluding hydrogens is 428 g/mol. The maximum atomic E-state index is 13.3. The number of benzene rings is 1. The number of alkyl halides is 2. The Bertz CT molecular complexity index is 947. The van der Waals surface area contributed by atoms with E-state index in [4.69, 9.17) is 0 Å². The zero-order valence-electron chi connectivity index (χ0n) is 16.2. The maximum absolute atomic E-state index is 13.3. The largest absolute Gasteiger partial charge is 0.278 e. The van der Waals surface area contributed by atoms with E-state index in [1.165, 1.54) is 0 Å². The average Bonchev–Trinajstić information content (AvgIpc) is 3.29. The van der Waals surface area contributed by atoms with Crippen LogP contribution in [-0.2, 0) is 17.7 Å². The minimum Gasteiger partial charge on any atom is -0.273 e. The topological polar surface area (TPSA) is 61.2 Å². The lowest BCUT2D eigenvalue weighted by Gasteiger charge is -2.32. The Labute approximate surface area is 180 Å². The Morgan fingerprint density at radius 1 is 1.10 bits per heavy atom. The van der Waals surface area contributed by atoms with Crippen LogP contribution in [0.15, 0.2) is 58.9 Å². The lowest BCUT2D eigenvalue weighted by Crippen LogP contribution is -2.42. The molecule has 0 spiro atoms. The molecule has 10 heteroatoms. The monoisotopic (exact) mass is 449 g/mol. The van der Waals surface area contributed by atoms with Gasteiger partial charge in [0.15, 0.2) is 11.2 Å². The minimum absolute atomic E-state index is 0.0336. The summed E-state index contributed by atoms with van der Waals surface area (Å²) in [5.41, 5.74) is 2.52. The van der Waals surface area contributed by atoms with E-state index in [1.807, 2.05) is 56.8 Å². The number of rotatable bonds is 7. The molecule has 2 aliphatic heterocycles. The van der Waals surface area contributed by atoms with Crippen LogP contribution in [0.1, 0.15) is 17.7 Å². The summed E-state index contributed by atoms with van der Waals surface area (Å²) in [7, 11) is 0. The number of anilines is 1. The van der Waals surface area contributed by atoms with Gasteiger partial charge < -0.3 is 0 Å². The predicted molar refractivity (Wildman–Crippen MR) is 118 cm³/mol. The van der Waals surface area contributed by atoms with Gasteiger partial charge in [0.2, 0.25) is 0 Å². The molecule has 0 saturated carbocycles. The van der Waals surface area contributed by atoms with Crippen LogP contribution < -0.4 is 4.31 Å². The Balaban J connectivity index is 1.50. The number of hydrogen-bond donors (Lipinski definition) is 0. The molecule has 0 radical (unpaired) electrons. The van der Waals surface area contributed by atoms with E-state index in [-0.39, 0.29) is 12.1 Å². The van der Waals surface area contributed by atoms with Crippen LogP contribution in [-0.4, -0.2) is 55.9 Å². The fourth-order valence-electron chi connectivity index (χ4n) is 3.16. The number of pyridine rings is 1. The molecule has 4 rings (SSSR count). The third kappa shape index (κ3) is 4.93. The first kappa shape index (κ1) is 21.1. The molecule has 30 heavy (non-hydrogen) atoms. The molecule has 0 bridgehead atoms. The molecule has 1 saturated heterocycles. The van der Waals surface area contributed by atoms with Gasteiger partial charge in [-0.05, 0) is 24.3 Å². The van der Waals surface area contributed by atoms with Crippen molar-refractivity contribution in [2.75, 3.05) is 28.9 Å². The summed E-state index contributed by atoms with van der Waals surface area (Å²) in [6.45, 7) is 1.92. The van der Waals surface area contributed by atoms with Gasteiger partial charge in [0, 0.05) is 42.8 Å². The molecule has 1 aromatic carbocycles. The van der Waals surface area contributed by atoms with E-state index in [1.54, 1.807) is 12.3 Å². The predicted octanol–water partition coefficient (Wildman–Crippen LogP) is 3.53. The molecule has 0 amide bonds. The average molecular weight is 450 g/mol. The second kappa shape index (κ2) is 9.76. The van der Waals surface area contributed by atoms with Gasteiger partial charge in [0.05, 0.1) is 23.6 Å². The number of aromatic nitrogens is 1. The second-order valence-corrected chi connectivity index (χ2v) is 9.44. The molecule has 158 valence electrons. The van der Waals surface area contributed by atoms with E-state index in [0.717, 1.165) is 36.0 Å². The van der Waals surface area contributed by atoms with Crippen LogP contribution in [0.2, 0.25) is 0 Å². The Hall–Kier alpha value is -2.17. The highest BCUT2D eigenvalue weighted by Crippen LogP contribution is 2.23. The van der Waals surface area contributed by atoms with Crippen molar-refractivity contribution in [2.24, 2.45) is 10.2 Å². The summed E-state index contributed by atoms with van der Waals surface area (Å²) >= 11 is 0.543. The van der Waals surface area contributed by atoms with Crippen molar-refractivity contribution in [3.05, 3.63) is 59.9 Å². The highest BCUT2D eigenvalue weighted by atomic mass is 32.2. The number of nitrogens with zero attached hydrogens (tertiary/aromatic N) is 5. The number of thioether (sulfide) groups is 1. The first-order chi connectivity index (χ1) is 14.6.